The maximum absolute atomic E-state index is 12.0. The van der Waals surface area contributed by atoms with Crippen molar-refractivity contribution in [1.29, 1.82) is 0 Å². The lowest BCUT2D eigenvalue weighted by molar-refractivity contribution is -0.117. The van der Waals surface area contributed by atoms with E-state index in [-0.39, 0.29) is 35.4 Å². The highest BCUT2D eigenvalue weighted by Crippen LogP contribution is 2.23. The molecular formula is C14H23N3O4S. The van der Waals surface area contributed by atoms with E-state index < -0.39 is 9.84 Å². The summed E-state index contributed by atoms with van der Waals surface area (Å²) in [7, 11) is -1.19. The largest absolute Gasteiger partial charge is 0.338 e. The van der Waals surface area contributed by atoms with Gasteiger partial charge in [-0.2, -0.15) is 0 Å². The van der Waals surface area contributed by atoms with Crippen molar-refractivity contribution in [2.24, 2.45) is 0 Å². The van der Waals surface area contributed by atoms with Crippen LogP contribution in [0.4, 0.5) is 5.88 Å². The summed E-state index contributed by atoms with van der Waals surface area (Å²) in [5.74, 6) is 0.374. The Kier molecular flexibility index (Phi) is 4.62. The van der Waals surface area contributed by atoms with Gasteiger partial charge in [-0.05, 0) is 13.5 Å². The SMILES string of the molecule is CN(CC(=O)Nc1cc(C(C)(C)C)no1)[C@H]1CCS(=O)(=O)C1. The maximum atomic E-state index is 12.0. The molecule has 1 amide bonds. The van der Waals surface area contributed by atoms with Gasteiger partial charge < -0.3 is 4.52 Å². The number of amides is 1. The highest BCUT2D eigenvalue weighted by atomic mass is 32.2. The second kappa shape index (κ2) is 6.00. The third-order valence-electron chi connectivity index (χ3n) is 3.77. The summed E-state index contributed by atoms with van der Waals surface area (Å²) in [6.07, 6.45) is 0.572. The predicted molar refractivity (Wildman–Crippen MR) is 83.5 cm³/mol. The first kappa shape index (κ1) is 17.0. The Balaban J connectivity index is 1.89. The van der Waals surface area contributed by atoms with E-state index in [1.807, 2.05) is 20.8 Å². The molecule has 124 valence electrons. The summed E-state index contributed by atoms with van der Waals surface area (Å²) in [4.78, 5) is 13.8. The van der Waals surface area contributed by atoms with Crippen molar-refractivity contribution < 1.29 is 17.7 Å². The molecule has 0 bridgehead atoms. The number of hydrogen-bond acceptors (Lipinski definition) is 6. The van der Waals surface area contributed by atoms with Gasteiger partial charge in [0.1, 0.15) is 0 Å². The number of rotatable bonds is 4. The second-order valence-corrected chi connectivity index (χ2v) is 9.08. The molecule has 2 heterocycles. The van der Waals surface area contributed by atoms with E-state index in [0.29, 0.717) is 12.3 Å². The molecule has 0 aliphatic carbocycles. The van der Waals surface area contributed by atoms with Crippen molar-refractivity contribution in [1.82, 2.24) is 10.1 Å². The van der Waals surface area contributed by atoms with Crippen molar-refractivity contribution >= 4 is 21.6 Å². The third-order valence-corrected chi connectivity index (χ3v) is 5.52. The Morgan fingerprint density at radius 1 is 1.50 bits per heavy atom. The minimum absolute atomic E-state index is 0.101. The van der Waals surface area contributed by atoms with Crippen LogP contribution in [0.3, 0.4) is 0 Å². The molecule has 22 heavy (non-hydrogen) atoms. The summed E-state index contributed by atoms with van der Waals surface area (Å²) in [5, 5.41) is 6.58. The van der Waals surface area contributed by atoms with Gasteiger partial charge in [0, 0.05) is 17.5 Å². The van der Waals surface area contributed by atoms with Crippen LogP contribution in [-0.4, -0.2) is 55.5 Å². The Hall–Kier alpha value is -1.41. The fraction of sp³-hybridized carbons (Fsp3) is 0.714. The zero-order valence-electron chi connectivity index (χ0n) is 13.4. The number of carbonyl (C=O) groups is 1. The van der Waals surface area contributed by atoms with Crippen molar-refractivity contribution in [2.75, 3.05) is 30.4 Å². The lowest BCUT2D eigenvalue weighted by Crippen LogP contribution is -2.38. The standard InChI is InChI=1S/C14H23N3O4S/c1-14(2,3)11-7-13(21-16-11)15-12(18)8-17(4)10-5-6-22(19,20)9-10/h7,10H,5-6,8-9H2,1-4H3,(H,15,18)/t10-/m0/s1. The molecule has 1 saturated heterocycles. The molecule has 1 atom stereocenters. The van der Waals surface area contributed by atoms with Gasteiger partial charge in [0.15, 0.2) is 9.84 Å². The molecule has 2 rings (SSSR count). The first-order chi connectivity index (χ1) is 10.1. The zero-order chi connectivity index (χ0) is 16.5. The van der Waals surface area contributed by atoms with E-state index in [0.717, 1.165) is 5.69 Å². The number of nitrogens with one attached hydrogen (secondary N) is 1. The maximum Gasteiger partial charge on any atom is 0.240 e. The van der Waals surface area contributed by atoms with Crippen LogP contribution in [0.2, 0.25) is 0 Å². The number of anilines is 1. The average Bonchev–Trinajstić information content (AvgIpc) is 2.94. The molecule has 1 N–H and O–H groups in total. The number of hydrogen-bond donors (Lipinski definition) is 1. The van der Waals surface area contributed by atoms with Gasteiger partial charge >= 0.3 is 0 Å². The number of carbonyl (C=O) groups excluding carboxylic acids is 1. The molecule has 0 radical (unpaired) electrons. The molecule has 1 aromatic heterocycles. The summed E-state index contributed by atoms with van der Waals surface area (Å²) < 4.78 is 28.0. The van der Waals surface area contributed by atoms with Gasteiger partial charge in [-0.1, -0.05) is 25.9 Å². The van der Waals surface area contributed by atoms with Crippen molar-refractivity contribution in [3.05, 3.63) is 11.8 Å². The topological polar surface area (TPSA) is 92.5 Å². The number of likely N-dealkylation sites (N-methyl/N-ethyl adjacent to an activating group) is 1. The van der Waals surface area contributed by atoms with E-state index in [1.54, 1.807) is 18.0 Å². The van der Waals surface area contributed by atoms with E-state index >= 15 is 0 Å². The van der Waals surface area contributed by atoms with Gasteiger partial charge in [-0.15, -0.1) is 0 Å². The lowest BCUT2D eigenvalue weighted by atomic mass is 9.92. The van der Waals surface area contributed by atoms with Crippen molar-refractivity contribution in [3.63, 3.8) is 0 Å². The molecule has 1 aliphatic rings. The third kappa shape index (κ3) is 4.30. The summed E-state index contributed by atoms with van der Waals surface area (Å²) in [6, 6.07) is 1.60. The summed E-state index contributed by atoms with van der Waals surface area (Å²) in [6.45, 7) is 6.13. The van der Waals surface area contributed by atoms with Crippen LogP contribution < -0.4 is 5.32 Å². The van der Waals surface area contributed by atoms with Crippen molar-refractivity contribution in [3.8, 4) is 0 Å². The van der Waals surface area contributed by atoms with Gasteiger partial charge in [0.05, 0.1) is 23.7 Å². The fourth-order valence-corrected chi connectivity index (χ4v) is 4.15. The van der Waals surface area contributed by atoms with Crippen LogP contribution in [0.1, 0.15) is 32.9 Å². The van der Waals surface area contributed by atoms with Gasteiger partial charge in [-0.3, -0.25) is 15.0 Å². The minimum Gasteiger partial charge on any atom is -0.338 e. The second-order valence-electron chi connectivity index (χ2n) is 6.85. The summed E-state index contributed by atoms with van der Waals surface area (Å²) >= 11 is 0. The molecule has 1 fully saturated rings. The van der Waals surface area contributed by atoms with Crippen LogP contribution in [0.5, 0.6) is 0 Å². The smallest absolute Gasteiger partial charge is 0.240 e. The first-order valence-electron chi connectivity index (χ1n) is 7.24. The van der Waals surface area contributed by atoms with Crippen LogP contribution in [0, 0.1) is 0 Å². The van der Waals surface area contributed by atoms with Crippen molar-refractivity contribution in [2.45, 2.75) is 38.6 Å². The molecule has 0 saturated carbocycles. The molecule has 0 aromatic carbocycles. The quantitative estimate of drug-likeness (QED) is 0.887. The normalized spacial score (nSPS) is 21.2. The van der Waals surface area contributed by atoms with E-state index in [4.69, 9.17) is 4.52 Å². The molecule has 1 aliphatic heterocycles. The average molecular weight is 329 g/mol. The van der Waals surface area contributed by atoms with Crippen LogP contribution in [0.25, 0.3) is 0 Å². The van der Waals surface area contributed by atoms with Crippen LogP contribution in [-0.2, 0) is 20.0 Å². The Bertz CT molecular complexity index is 645. The Labute approximate surface area is 131 Å². The Morgan fingerprint density at radius 2 is 2.18 bits per heavy atom. The van der Waals surface area contributed by atoms with Gasteiger partial charge in [-0.25, -0.2) is 8.42 Å². The minimum atomic E-state index is -2.95. The number of sulfone groups is 1. The molecule has 7 nitrogen and oxygen atoms in total. The monoisotopic (exact) mass is 329 g/mol. The Morgan fingerprint density at radius 3 is 2.68 bits per heavy atom. The number of nitrogens with zero attached hydrogens (tertiary/aromatic N) is 2. The van der Waals surface area contributed by atoms with E-state index in [1.165, 1.54) is 0 Å². The number of aromatic nitrogens is 1. The molecule has 8 heteroatoms. The summed E-state index contributed by atoms with van der Waals surface area (Å²) in [5.41, 5.74) is 0.611. The van der Waals surface area contributed by atoms with E-state index in [9.17, 15) is 13.2 Å². The van der Waals surface area contributed by atoms with E-state index in [2.05, 4.69) is 10.5 Å². The van der Waals surface area contributed by atoms with Crippen LogP contribution >= 0.6 is 0 Å². The molecule has 0 unspecified atom stereocenters. The van der Waals surface area contributed by atoms with Gasteiger partial charge in [0.2, 0.25) is 11.8 Å². The highest BCUT2D eigenvalue weighted by Gasteiger charge is 2.31. The predicted octanol–water partition coefficient (Wildman–Crippen LogP) is 1.03. The van der Waals surface area contributed by atoms with Gasteiger partial charge in [0.25, 0.3) is 0 Å². The zero-order valence-corrected chi connectivity index (χ0v) is 14.2. The van der Waals surface area contributed by atoms with Crippen LogP contribution in [0.15, 0.2) is 10.6 Å². The fourth-order valence-electron chi connectivity index (χ4n) is 2.34. The highest BCUT2D eigenvalue weighted by molar-refractivity contribution is 7.91. The molecule has 0 spiro atoms. The molecular weight excluding hydrogens is 306 g/mol. The lowest BCUT2D eigenvalue weighted by Gasteiger charge is -2.21. The molecule has 1 aromatic rings. The first-order valence-corrected chi connectivity index (χ1v) is 9.07.